The van der Waals surface area contributed by atoms with Gasteiger partial charge >= 0.3 is 6.18 Å². The van der Waals surface area contributed by atoms with Gasteiger partial charge in [0, 0.05) is 31.4 Å². The molecule has 0 bridgehead atoms. The van der Waals surface area contributed by atoms with E-state index in [0.29, 0.717) is 12.1 Å². The number of nitrogens with zero attached hydrogens (tertiary/aromatic N) is 3. The molecule has 1 N–H and O–H groups in total. The first-order valence-electron chi connectivity index (χ1n) is 5.36. The van der Waals surface area contributed by atoms with E-state index in [4.69, 9.17) is 5.11 Å². The molecule has 0 aliphatic rings. The van der Waals surface area contributed by atoms with E-state index in [9.17, 15) is 13.2 Å². The molecule has 0 atom stereocenters. The molecule has 98 valence electrons. The Labute approximate surface area is 97.6 Å². The van der Waals surface area contributed by atoms with E-state index < -0.39 is 12.7 Å². The maximum atomic E-state index is 12.3. The molecule has 1 aromatic rings. The molecule has 0 saturated carbocycles. The molecule has 0 amide bonds. The highest BCUT2D eigenvalue weighted by Gasteiger charge is 2.30. The molecule has 0 spiro atoms. The third-order valence-electron chi connectivity index (χ3n) is 2.24. The largest absolute Gasteiger partial charge is 0.401 e. The Bertz CT molecular complexity index is 338. The van der Waals surface area contributed by atoms with Crippen LogP contribution in [0, 0.1) is 0 Å². The summed E-state index contributed by atoms with van der Waals surface area (Å²) >= 11 is 0. The third-order valence-corrected chi connectivity index (χ3v) is 2.24. The van der Waals surface area contributed by atoms with Gasteiger partial charge in [0.15, 0.2) is 0 Å². The maximum Gasteiger partial charge on any atom is 0.401 e. The van der Waals surface area contributed by atoms with Crippen LogP contribution in [0.3, 0.4) is 0 Å². The Morgan fingerprint density at radius 3 is 2.65 bits per heavy atom. The van der Waals surface area contributed by atoms with Crippen LogP contribution >= 0.6 is 0 Å². The Hall–Kier alpha value is -1.08. The number of halogens is 3. The molecule has 0 aromatic carbocycles. The van der Waals surface area contributed by atoms with Crippen molar-refractivity contribution >= 4 is 0 Å². The lowest BCUT2D eigenvalue weighted by atomic mass is 10.3. The zero-order valence-corrected chi connectivity index (χ0v) is 9.61. The van der Waals surface area contributed by atoms with Crippen molar-refractivity contribution in [1.29, 1.82) is 0 Å². The number of rotatable bonds is 6. The van der Waals surface area contributed by atoms with Crippen LogP contribution < -0.4 is 0 Å². The predicted octanol–water partition coefficient (Wildman–Crippen LogP) is 1.26. The van der Waals surface area contributed by atoms with Crippen LogP contribution in [0.2, 0.25) is 0 Å². The summed E-state index contributed by atoms with van der Waals surface area (Å²) in [6.45, 7) is 1.40. The lowest BCUT2D eigenvalue weighted by Crippen LogP contribution is -2.35. The molecule has 7 heteroatoms. The average Bonchev–Trinajstić information content (AvgIpc) is 2.63. The summed E-state index contributed by atoms with van der Waals surface area (Å²) in [7, 11) is 0. The minimum absolute atomic E-state index is 0.00316. The molecule has 1 heterocycles. The Morgan fingerprint density at radius 2 is 2.18 bits per heavy atom. The Kier molecular flexibility index (Phi) is 4.95. The first-order chi connectivity index (χ1) is 7.94. The fourth-order valence-electron chi connectivity index (χ4n) is 1.53. The first-order valence-corrected chi connectivity index (χ1v) is 5.36. The van der Waals surface area contributed by atoms with Gasteiger partial charge in [-0.15, -0.1) is 0 Å². The molecule has 0 fully saturated rings. The van der Waals surface area contributed by atoms with Gasteiger partial charge in [0.25, 0.3) is 0 Å². The number of aromatic nitrogens is 2. The summed E-state index contributed by atoms with van der Waals surface area (Å²) < 4.78 is 38.4. The zero-order valence-electron chi connectivity index (χ0n) is 9.61. The second kappa shape index (κ2) is 6.02. The Balaban J connectivity index is 2.59. The van der Waals surface area contributed by atoms with Crippen molar-refractivity contribution in [2.24, 2.45) is 0 Å². The van der Waals surface area contributed by atoms with Crippen molar-refractivity contribution < 1.29 is 18.3 Å². The first kappa shape index (κ1) is 14.0. The quantitative estimate of drug-likeness (QED) is 0.827. The maximum absolute atomic E-state index is 12.3. The van der Waals surface area contributed by atoms with Crippen LogP contribution in [0.5, 0.6) is 0 Å². The summed E-state index contributed by atoms with van der Waals surface area (Å²) in [5.41, 5.74) is 0.713. The van der Waals surface area contributed by atoms with E-state index in [1.165, 1.54) is 0 Å². The summed E-state index contributed by atoms with van der Waals surface area (Å²) in [6.07, 6.45) is -0.999. The van der Waals surface area contributed by atoms with E-state index in [2.05, 4.69) is 5.10 Å². The molecule has 0 radical (unpaired) electrons. The summed E-state index contributed by atoms with van der Waals surface area (Å²) in [5.74, 6) is 0. The highest BCUT2D eigenvalue weighted by Crippen LogP contribution is 2.17. The molecule has 1 aromatic heterocycles. The number of alkyl halides is 3. The molecule has 17 heavy (non-hydrogen) atoms. The van der Waals surface area contributed by atoms with Crippen molar-refractivity contribution in [2.45, 2.75) is 26.2 Å². The second-order valence-electron chi connectivity index (χ2n) is 3.75. The van der Waals surface area contributed by atoms with Gasteiger partial charge in [-0.1, -0.05) is 0 Å². The molecule has 0 aliphatic heterocycles. The van der Waals surface area contributed by atoms with Crippen LogP contribution in [-0.2, 0) is 13.1 Å². The van der Waals surface area contributed by atoms with Gasteiger partial charge in [-0.2, -0.15) is 18.3 Å². The number of aliphatic hydroxyl groups is 1. The molecule has 0 unspecified atom stereocenters. The van der Waals surface area contributed by atoms with Crippen LogP contribution in [0.4, 0.5) is 13.2 Å². The molecular weight excluding hydrogens is 235 g/mol. The topological polar surface area (TPSA) is 41.3 Å². The molecule has 4 nitrogen and oxygen atoms in total. The molecule has 0 aliphatic carbocycles. The molecular formula is C10H16F3N3O. The smallest absolute Gasteiger partial charge is 0.395 e. The normalized spacial score (nSPS) is 12.4. The zero-order chi connectivity index (χ0) is 12.9. The third kappa shape index (κ3) is 5.18. The van der Waals surface area contributed by atoms with Crippen molar-refractivity contribution in [2.75, 3.05) is 19.7 Å². The minimum Gasteiger partial charge on any atom is -0.395 e. The lowest BCUT2D eigenvalue weighted by Gasteiger charge is -2.21. The van der Waals surface area contributed by atoms with Gasteiger partial charge in [-0.05, 0) is 6.92 Å². The lowest BCUT2D eigenvalue weighted by molar-refractivity contribution is -0.147. The van der Waals surface area contributed by atoms with E-state index in [-0.39, 0.29) is 19.7 Å². The fraction of sp³-hybridized carbons (Fsp3) is 0.700. The average molecular weight is 251 g/mol. The number of aliphatic hydroxyl groups excluding tert-OH is 1. The Morgan fingerprint density at radius 1 is 1.47 bits per heavy atom. The standard InChI is InChI=1S/C10H16F3N3O/c1-2-16-7-9(5-14-16)6-15(3-4-17)8-10(11,12)13/h5,7,17H,2-4,6,8H2,1H3. The van der Waals surface area contributed by atoms with Gasteiger partial charge in [0.05, 0.1) is 19.3 Å². The monoisotopic (exact) mass is 251 g/mol. The van der Waals surface area contributed by atoms with Gasteiger partial charge < -0.3 is 5.11 Å². The number of hydrogen-bond acceptors (Lipinski definition) is 3. The van der Waals surface area contributed by atoms with E-state index in [1.807, 2.05) is 6.92 Å². The second-order valence-corrected chi connectivity index (χ2v) is 3.75. The van der Waals surface area contributed by atoms with Gasteiger partial charge in [0.1, 0.15) is 0 Å². The van der Waals surface area contributed by atoms with Gasteiger partial charge in [-0.25, -0.2) is 0 Å². The van der Waals surface area contributed by atoms with E-state index in [0.717, 1.165) is 4.90 Å². The fourth-order valence-corrected chi connectivity index (χ4v) is 1.53. The minimum atomic E-state index is -4.25. The summed E-state index contributed by atoms with van der Waals surface area (Å²) in [4.78, 5) is 1.15. The van der Waals surface area contributed by atoms with Gasteiger partial charge in [-0.3, -0.25) is 9.58 Å². The SMILES string of the molecule is CCn1cc(CN(CCO)CC(F)(F)F)cn1. The predicted molar refractivity (Wildman–Crippen MR) is 56.3 cm³/mol. The van der Waals surface area contributed by atoms with Crippen LogP contribution in [-0.4, -0.2) is 45.7 Å². The van der Waals surface area contributed by atoms with Gasteiger partial charge in [0.2, 0.25) is 0 Å². The number of aryl methyl sites for hydroxylation is 1. The van der Waals surface area contributed by atoms with E-state index >= 15 is 0 Å². The van der Waals surface area contributed by atoms with Crippen LogP contribution in [0.25, 0.3) is 0 Å². The van der Waals surface area contributed by atoms with Crippen molar-refractivity contribution in [3.05, 3.63) is 18.0 Å². The van der Waals surface area contributed by atoms with Crippen LogP contribution in [0.15, 0.2) is 12.4 Å². The summed E-state index contributed by atoms with van der Waals surface area (Å²) in [5, 5.41) is 12.7. The summed E-state index contributed by atoms with van der Waals surface area (Å²) in [6, 6.07) is 0. The van der Waals surface area contributed by atoms with Crippen molar-refractivity contribution in [1.82, 2.24) is 14.7 Å². The highest BCUT2D eigenvalue weighted by molar-refractivity contribution is 5.03. The molecule has 1 rings (SSSR count). The van der Waals surface area contributed by atoms with Crippen LogP contribution in [0.1, 0.15) is 12.5 Å². The van der Waals surface area contributed by atoms with Crippen molar-refractivity contribution in [3.8, 4) is 0 Å². The highest BCUT2D eigenvalue weighted by atomic mass is 19.4. The van der Waals surface area contributed by atoms with Crippen molar-refractivity contribution in [3.63, 3.8) is 0 Å². The van der Waals surface area contributed by atoms with E-state index in [1.54, 1.807) is 17.1 Å². The number of hydrogen-bond donors (Lipinski definition) is 1. The molecule has 0 saturated heterocycles.